The molecule has 586 valence electrons. The topological polar surface area (TPSA) is 237 Å². The van der Waals surface area contributed by atoms with Crippen LogP contribution >= 0.6 is 15.6 Å². The fraction of sp³-hybridized carbons (Fsp3) is 0.711. The van der Waals surface area contributed by atoms with Gasteiger partial charge >= 0.3 is 39.5 Å². The Balaban J connectivity index is 5.36. The van der Waals surface area contributed by atoms with Gasteiger partial charge in [0.25, 0.3) is 0 Å². The second-order valence-electron chi connectivity index (χ2n) is 26.2. The van der Waals surface area contributed by atoms with E-state index in [4.69, 9.17) is 37.0 Å². The van der Waals surface area contributed by atoms with E-state index in [1.165, 1.54) is 38.5 Å². The number of rotatable bonds is 74. The highest BCUT2D eigenvalue weighted by Gasteiger charge is 2.30. The van der Waals surface area contributed by atoms with Crippen molar-refractivity contribution >= 4 is 39.5 Å². The average Bonchev–Trinajstić information content (AvgIpc) is 0.940. The number of hydrogen-bond donors (Lipinski definition) is 3. The van der Waals surface area contributed by atoms with Crippen LogP contribution in [-0.4, -0.2) is 96.7 Å². The first kappa shape index (κ1) is 97.5. The molecule has 0 saturated heterocycles. The predicted molar refractivity (Wildman–Crippen MR) is 418 cm³/mol. The monoisotopic (exact) mass is 1470 g/mol. The molecule has 0 spiro atoms. The minimum absolute atomic E-state index is 0.0727. The molecule has 0 heterocycles. The van der Waals surface area contributed by atoms with Crippen LogP contribution in [0.3, 0.4) is 0 Å². The average molecular weight is 1470 g/mol. The number of aliphatic hydroxyl groups is 1. The molecular weight excluding hydrogens is 1330 g/mol. The van der Waals surface area contributed by atoms with Gasteiger partial charge in [-0.1, -0.05) is 271 Å². The smallest absolute Gasteiger partial charge is 0.462 e. The number of phosphoric acid groups is 2. The summed E-state index contributed by atoms with van der Waals surface area (Å²) in [7, 11) is -9.97. The highest BCUT2D eigenvalue weighted by molar-refractivity contribution is 7.47. The van der Waals surface area contributed by atoms with E-state index < -0.39 is 97.5 Å². The van der Waals surface area contributed by atoms with Gasteiger partial charge in [-0.05, 0) is 148 Å². The first-order chi connectivity index (χ1) is 49.7. The molecule has 0 aliphatic carbocycles. The molecule has 5 atom stereocenters. The summed E-state index contributed by atoms with van der Waals surface area (Å²) in [5.74, 6) is -2.22. The van der Waals surface area contributed by atoms with Gasteiger partial charge < -0.3 is 33.8 Å². The molecule has 0 bridgehead atoms. The van der Waals surface area contributed by atoms with Gasteiger partial charge in [-0.15, -0.1) is 0 Å². The van der Waals surface area contributed by atoms with Crippen molar-refractivity contribution in [1.29, 1.82) is 0 Å². The summed E-state index contributed by atoms with van der Waals surface area (Å²) in [6.07, 6.45) is 81.8. The maximum Gasteiger partial charge on any atom is 0.472 e. The van der Waals surface area contributed by atoms with Crippen LogP contribution in [0.25, 0.3) is 0 Å². The summed E-state index contributed by atoms with van der Waals surface area (Å²) in [5, 5.41) is 10.6. The van der Waals surface area contributed by atoms with E-state index in [-0.39, 0.29) is 25.7 Å². The van der Waals surface area contributed by atoms with E-state index in [9.17, 15) is 43.2 Å². The normalized spacial score (nSPS) is 14.5. The van der Waals surface area contributed by atoms with Gasteiger partial charge in [-0.2, -0.15) is 0 Å². The van der Waals surface area contributed by atoms with Crippen molar-refractivity contribution in [3.63, 3.8) is 0 Å². The van der Waals surface area contributed by atoms with Crippen LogP contribution in [-0.2, 0) is 65.4 Å². The van der Waals surface area contributed by atoms with Gasteiger partial charge in [0.2, 0.25) is 0 Å². The summed E-state index contributed by atoms with van der Waals surface area (Å²) in [6.45, 7) is 4.56. The minimum atomic E-state index is -4.99. The zero-order valence-corrected chi connectivity index (χ0v) is 65.8. The molecule has 0 aromatic rings. The Morgan fingerprint density at radius 1 is 0.284 bits per heavy atom. The second kappa shape index (κ2) is 74.7. The Hall–Kier alpha value is -4.54. The molecule has 0 amide bonds. The lowest BCUT2D eigenvalue weighted by Crippen LogP contribution is -2.30. The van der Waals surface area contributed by atoms with Crippen molar-refractivity contribution in [3.05, 3.63) is 122 Å². The molecule has 0 saturated carbocycles. The highest BCUT2D eigenvalue weighted by atomic mass is 31.2. The fourth-order valence-electron chi connectivity index (χ4n) is 10.4. The quantitative estimate of drug-likeness (QED) is 0.0169. The standard InChI is InChI=1S/C83H142O17P2/c1-5-9-13-17-21-25-29-32-34-36-38-40-42-45-49-52-56-60-64-68-81(86)94-74-79(100-83(88)70-66-62-58-54-50-46-43-41-39-37-35-33-30-26-22-18-14-10-6-2)76-98-102(91,92)96-72-77(84)71-95-101(89,90)97-75-78(99-82(87)69-65-61-57-53-47-28-24-20-16-12-8-4)73-93-80(85)67-63-59-55-51-48-44-31-27-23-19-15-11-7-3/h9-10,13-14,20-22,24-27,31-35,38-41,77-79,84H,5-8,11-12,15-19,23,28-30,36-37,42-76H2,1-4H3,(H,89,90)(H,91,92)/b13-9-,14-10-,24-20-,25-21-,26-22-,31-27-,34-32-,35-33-,40-38-,41-39-. The summed E-state index contributed by atoms with van der Waals surface area (Å²) >= 11 is 0. The van der Waals surface area contributed by atoms with Crippen molar-refractivity contribution in [2.24, 2.45) is 0 Å². The maximum absolute atomic E-state index is 13.1. The van der Waals surface area contributed by atoms with Crippen molar-refractivity contribution in [2.75, 3.05) is 39.6 Å². The van der Waals surface area contributed by atoms with Crippen molar-refractivity contribution in [3.8, 4) is 0 Å². The number of allylic oxidation sites excluding steroid dienone is 20. The van der Waals surface area contributed by atoms with Crippen molar-refractivity contribution in [1.82, 2.24) is 0 Å². The largest absolute Gasteiger partial charge is 0.472 e. The molecule has 102 heavy (non-hydrogen) atoms. The molecule has 3 N–H and O–H groups in total. The number of carbonyl (C=O) groups excluding carboxylic acids is 4. The maximum atomic E-state index is 13.1. The number of carbonyl (C=O) groups is 4. The second-order valence-corrected chi connectivity index (χ2v) is 29.1. The molecule has 0 aliphatic heterocycles. The number of phosphoric ester groups is 2. The van der Waals surface area contributed by atoms with Crippen molar-refractivity contribution in [2.45, 2.75) is 341 Å². The third-order valence-electron chi connectivity index (χ3n) is 16.4. The molecule has 19 heteroatoms. The third-order valence-corrected chi connectivity index (χ3v) is 18.3. The first-order valence-electron chi connectivity index (χ1n) is 39.8. The number of hydrogen-bond acceptors (Lipinski definition) is 15. The molecule has 5 unspecified atom stereocenters. The van der Waals surface area contributed by atoms with Gasteiger partial charge in [-0.25, -0.2) is 9.13 Å². The lowest BCUT2D eigenvalue weighted by molar-refractivity contribution is -0.161. The third kappa shape index (κ3) is 73.8. The molecule has 17 nitrogen and oxygen atoms in total. The van der Waals surface area contributed by atoms with Crippen LogP contribution in [0, 0.1) is 0 Å². The van der Waals surface area contributed by atoms with E-state index in [2.05, 4.69) is 149 Å². The van der Waals surface area contributed by atoms with Crippen LogP contribution < -0.4 is 0 Å². The number of unbranched alkanes of at least 4 members (excludes halogenated alkanes) is 28. The molecule has 0 aromatic carbocycles. The zero-order valence-electron chi connectivity index (χ0n) is 64.0. The number of ether oxygens (including phenoxy) is 4. The molecular formula is C83H142O17P2. The number of esters is 4. The predicted octanol–water partition coefficient (Wildman–Crippen LogP) is 23.1. The van der Waals surface area contributed by atoms with E-state index in [1.54, 1.807) is 0 Å². The summed E-state index contributed by atoms with van der Waals surface area (Å²) in [5.41, 5.74) is 0. The van der Waals surface area contributed by atoms with E-state index in [1.807, 2.05) is 0 Å². The Bertz CT molecular complexity index is 2410. The summed E-state index contributed by atoms with van der Waals surface area (Å²) in [6, 6.07) is 0. The van der Waals surface area contributed by atoms with Gasteiger partial charge in [0.05, 0.1) is 26.4 Å². The van der Waals surface area contributed by atoms with Crippen molar-refractivity contribution < 1.29 is 80.2 Å². The summed E-state index contributed by atoms with van der Waals surface area (Å²) < 4.78 is 68.5. The van der Waals surface area contributed by atoms with E-state index in [0.29, 0.717) is 25.7 Å². The Labute approximate surface area is 619 Å². The molecule has 0 radical (unpaired) electrons. The molecule has 0 aromatic heterocycles. The molecule has 0 rings (SSSR count). The zero-order chi connectivity index (χ0) is 74.6. The van der Waals surface area contributed by atoms with Crippen LogP contribution in [0.15, 0.2) is 122 Å². The Morgan fingerprint density at radius 3 is 0.824 bits per heavy atom. The van der Waals surface area contributed by atoms with Crippen LogP contribution in [0.1, 0.15) is 323 Å². The van der Waals surface area contributed by atoms with E-state index in [0.717, 1.165) is 205 Å². The summed E-state index contributed by atoms with van der Waals surface area (Å²) in [4.78, 5) is 72.9. The van der Waals surface area contributed by atoms with Gasteiger partial charge in [0, 0.05) is 25.7 Å². The highest BCUT2D eigenvalue weighted by Crippen LogP contribution is 2.45. The van der Waals surface area contributed by atoms with Crippen LogP contribution in [0.4, 0.5) is 0 Å². The molecule has 0 aliphatic rings. The lowest BCUT2D eigenvalue weighted by Gasteiger charge is -2.21. The Kier molecular flexibility index (Phi) is 71.4. The lowest BCUT2D eigenvalue weighted by atomic mass is 10.1. The SMILES string of the molecule is CC/C=C\C/C=C\C/C=C\C/C=C\CCCCCCCCC(=O)OCC(COP(=O)(O)OCC(O)COP(=O)(O)OCC(COC(=O)CCCCCCC/C=C\CCCCCC)OC(=O)CCCCCCC/C=C\CCCC)OC(=O)CCCCCCCC/C=C\C/C=C\C/C=C\C/C=C\CC. The minimum Gasteiger partial charge on any atom is -0.462 e. The number of aliphatic hydroxyl groups excluding tert-OH is 1. The van der Waals surface area contributed by atoms with Gasteiger partial charge in [0.1, 0.15) is 19.3 Å². The van der Waals surface area contributed by atoms with E-state index >= 15 is 0 Å². The van der Waals surface area contributed by atoms with Gasteiger partial charge in [-0.3, -0.25) is 37.3 Å². The van der Waals surface area contributed by atoms with Gasteiger partial charge in [0.15, 0.2) is 12.2 Å². The first-order valence-corrected chi connectivity index (χ1v) is 42.8. The fourth-order valence-corrected chi connectivity index (χ4v) is 11.9. The van der Waals surface area contributed by atoms with Crippen LogP contribution in [0.5, 0.6) is 0 Å². The molecule has 0 fully saturated rings. The Morgan fingerprint density at radius 2 is 0.520 bits per heavy atom. The van der Waals surface area contributed by atoms with Crippen LogP contribution in [0.2, 0.25) is 0 Å².